The van der Waals surface area contributed by atoms with Gasteiger partial charge in [-0.2, -0.15) is 0 Å². The van der Waals surface area contributed by atoms with Crippen LogP contribution in [0, 0.1) is 0 Å². The lowest BCUT2D eigenvalue weighted by atomic mass is 10.1. The maximum Gasteiger partial charge on any atom is 0.0234 e. The fourth-order valence-electron chi connectivity index (χ4n) is 2.17. The van der Waals surface area contributed by atoms with Gasteiger partial charge in [0.1, 0.15) is 0 Å². The second-order valence-corrected chi connectivity index (χ2v) is 4.62. The Balaban J connectivity index is 2.43. The lowest BCUT2D eigenvalue weighted by Crippen LogP contribution is -2.35. The van der Waals surface area contributed by atoms with Crippen LogP contribution in [0.3, 0.4) is 0 Å². The number of nitrogens with zero attached hydrogens (tertiary/aromatic N) is 1. The van der Waals surface area contributed by atoms with Gasteiger partial charge in [-0.25, -0.2) is 0 Å². The van der Waals surface area contributed by atoms with E-state index in [0.717, 1.165) is 19.6 Å². The van der Waals surface area contributed by atoms with E-state index in [1.165, 1.54) is 44.3 Å². The van der Waals surface area contributed by atoms with E-state index in [-0.39, 0.29) is 0 Å². The molecular weight excluding hydrogens is 208 g/mol. The number of hydrogen-bond acceptors (Lipinski definition) is 2. The first-order chi connectivity index (χ1) is 8.36. The van der Waals surface area contributed by atoms with E-state index in [9.17, 15) is 0 Å². The molecule has 96 valence electrons. The van der Waals surface area contributed by atoms with Gasteiger partial charge in [0.2, 0.25) is 0 Å². The highest BCUT2D eigenvalue weighted by molar-refractivity contribution is 5.22. The summed E-state index contributed by atoms with van der Waals surface area (Å²) in [6, 6.07) is 0. The molecule has 0 aromatic carbocycles. The molecule has 0 aromatic rings. The molecule has 0 aromatic heterocycles. The summed E-state index contributed by atoms with van der Waals surface area (Å²) in [6.07, 6.45) is 11.2. The summed E-state index contributed by atoms with van der Waals surface area (Å²) in [4.78, 5) is 2.51. The molecule has 2 nitrogen and oxygen atoms in total. The summed E-state index contributed by atoms with van der Waals surface area (Å²) in [5, 5.41) is 3.50. The van der Waals surface area contributed by atoms with E-state index in [2.05, 4.69) is 29.5 Å². The zero-order valence-corrected chi connectivity index (χ0v) is 11.0. The van der Waals surface area contributed by atoms with Crippen molar-refractivity contribution in [2.24, 2.45) is 0 Å². The van der Waals surface area contributed by atoms with E-state index in [1.54, 1.807) is 0 Å². The Morgan fingerprint density at radius 1 is 1.06 bits per heavy atom. The third kappa shape index (κ3) is 6.44. The number of rotatable bonds is 4. The highest BCUT2D eigenvalue weighted by atomic mass is 15.1. The second-order valence-electron chi connectivity index (χ2n) is 4.62. The molecule has 1 aliphatic rings. The molecule has 1 saturated heterocycles. The van der Waals surface area contributed by atoms with Crippen LogP contribution in [0.4, 0.5) is 0 Å². The quantitative estimate of drug-likeness (QED) is 0.752. The third-order valence-electron chi connectivity index (χ3n) is 3.18. The van der Waals surface area contributed by atoms with Crippen LogP contribution in [-0.2, 0) is 0 Å². The summed E-state index contributed by atoms with van der Waals surface area (Å²) >= 11 is 0. The van der Waals surface area contributed by atoms with Crippen molar-refractivity contribution in [2.45, 2.75) is 25.7 Å². The molecule has 2 heteroatoms. The monoisotopic (exact) mass is 234 g/mol. The highest BCUT2D eigenvalue weighted by Gasteiger charge is 2.07. The number of nitrogens with one attached hydrogen (secondary N) is 1. The van der Waals surface area contributed by atoms with Crippen molar-refractivity contribution in [3.8, 4) is 0 Å². The molecule has 0 atom stereocenters. The van der Waals surface area contributed by atoms with Gasteiger partial charge in [-0.3, -0.25) is 4.90 Å². The van der Waals surface area contributed by atoms with Gasteiger partial charge in [0.25, 0.3) is 0 Å². The standard InChI is InChI=1S/C15H26N2/c1-3-9-15(4-2)14-17-12-8-6-5-7-10-16-11-13-17/h3-4,9,16H,1-2,5-8,10-14H2/b15-9+. The molecule has 17 heavy (non-hydrogen) atoms. The molecule has 0 bridgehead atoms. The molecule has 1 fully saturated rings. The van der Waals surface area contributed by atoms with Crippen LogP contribution >= 0.6 is 0 Å². The zero-order valence-electron chi connectivity index (χ0n) is 11.0. The first-order valence-electron chi connectivity index (χ1n) is 6.74. The average molecular weight is 234 g/mol. The summed E-state index contributed by atoms with van der Waals surface area (Å²) in [6.45, 7) is 13.2. The van der Waals surface area contributed by atoms with Crippen LogP contribution in [0.5, 0.6) is 0 Å². The van der Waals surface area contributed by atoms with Gasteiger partial charge in [0.15, 0.2) is 0 Å². The minimum atomic E-state index is 0.997. The van der Waals surface area contributed by atoms with Gasteiger partial charge in [-0.05, 0) is 31.5 Å². The van der Waals surface area contributed by atoms with E-state index in [4.69, 9.17) is 0 Å². The molecule has 0 unspecified atom stereocenters. The van der Waals surface area contributed by atoms with E-state index in [0.29, 0.717) is 0 Å². The summed E-state index contributed by atoms with van der Waals surface area (Å²) in [5.74, 6) is 0. The van der Waals surface area contributed by atoms with E-state index < -0.39 is 0 Å². The first kappa shape index (κ1) is 14.2. The molecular formula is C15H26N2. The second kappa shape index (κ2) is 9.20. The van der Waals surface area contributed by atoms with Gasteiger partial charge in [0, 0.05) is 19.6 Å². The predicted octanol–water partition coefficient (Wildman–Crippen LogP) is 2.75. The van der Waals surface area contributed by atoms with Crippen LogP contribution in [0.15, 0.2) is 37.0 Å². The van der Waals surface area contributed by atoms with Crippen LogP contribution in [-0.4, -0.2) is 37.6 Å². The largest absolute Gasteiger partial charge is 0.315 e. The molecule has 0 radical (unpaired) electrons. The lowest BCUT2D eigenvalue weighted by molar-refractivity contribution is 0.283. The Bertz CT molecular complexity index is 246. The Morgan fingerprint density at radius 3 is 2.65 bits per heavy atom. The van der Waals surface area contributed by atoms with Crippen molar-refractivity contribution in [3.05, 3.63) is 37.0 Å². The maximum atomic E-state index is 3.86. The predicted molar refractivity (Wildman–Crippen MR) is 76.3 cm³/mol. The van der Waals surface area contributed by atoms with E-state index >= 15 is 0 Å². The molecule has 0 aliphatic carbocycles. The highest BCUT2D eigenvalue weighted by Crippen LogP contribution is 2.06. The van der Waals surface area contributed by atoms with Gasteiger partial charge in [-0.15, -0.1) is 0 Å². The average Bonchev–Trinajstić information content (AvgIpc) is 2.36. The normalized spacial score (nSPS) is 20.8. The molecule has 1 heterocycles. The fraction of sp³-hybridized carbons (Fsp3) is 0.600. The molecule has 0 saturated carbocycles. The van der Waals surface area contributed by atoms with Crippen molar-refractivity contribution in [1.82, 2.24) is 10.2 Å². The number of allylic oxidation sites excluding steroid dienone is 2. The lowest BCUT2D eigenvalue weighted by Gasteiger charge is -2.24. The maximum absolute atomic E-state index is 3.86. The summed E-state index contributed by atoms with van der Waals surface area (Å²) in [5.41, 5.74) is 1.26. The van der Waals surface area contributed by atoms with Crippen molar-refractivity contribution < 1.29 is 0 Å². The Kier molecular flexibility index (Phi) is 7.69. The molecule has 1 aliphatic heterocycles. The molecule has 0 amide bonds. The zero-order chi connectivity index (χ0) is 12.3. The molecule has 0 spiro atoms. The van der Waals surface area contributed by atoms with Crippen molar-refractivity contribution >= 4 is 0 Å². The third-order valence-corrected chi connectivity index (χ3v) is 3.18. The molecule has 1 N–H and O–H groups in total. The number of hydrogen-bond donors (Lipinski definition) is 1. The Labute approximate surface area is 106 Å². The van der Waals surface area contributed by atoms with E-state index in [1.807, 2.05) is 12.2 Å². The van der Waals surface area contributed by atoms with Gasteiger partial charge in [-0.1, -0.05) is 44.2 Å². The Hall–Kier alpha value is -0.860. The van der Waals surface area contributed by atoms with Crippen molar-refractivity contribution in [1.29, 1.82) is 0 Å². The van der Waals surface area contributed by atoms with Crippen LogP contribution in [0.2, 0.25) is 0 Å². The first-order valence-corrected chi connectivity index (χ1v) is 6.74. The van der Waals surface area contributed by atoms with Crippen LogP contribution < -0.4 is 5.32 Å². The smallest absolute Gasteiger partial charge is 0.0234 e. The minimum absolute atomic E-state index is 0.997. The van der Waals surface area contributed by atoms with Crippen LogP contribution in [0.25, 0.3) is 0 Å². The van der Waals surface area contributed by atoms with Crippen LogP contribution in [0.1, 0.15) is 25.7 Å². The van der Waals surface area contributed by atoms with Gasteiger partial charge < -0.3 is 5.32 Å². The summed E-state index contributed by atoms with van der Waals surface area (Å²) in [7, 11) is 0. The Morgan fingerprint density at radius 2 is 1.88 bits per heavy atom. The molecule has 1 rings (SSSR count). The van der Waals surface area contributed by atoms with Crippen molar-refractivity contribution in [3.63, 3.8) is 0 Å². The SMILES string of the molecule is C=C/C=C(\C=C)CN1CCCCCCNCC1. The van der Waals surface area contributed by atoms with Gasteiger partial charge in [0.05, 0.1) is 0 Å². The summed E-state index contributed by atoms with van der Waals surface area (Å²) < 4.78 is 0. The topological polar surface area (TPSA) is 15.3 Å². The van der Waals surface area contributed by atoms with Gasteiger partial charge >= 0.3 is 0 Å². The van der Waals surface area contributed by atoms with Crippen molar-refractivity contribution in [2.75, 3.05) is 32.7 Å². The fourth-order valence-corrected chi connectivity index (χ4v) is 2.17. The minimum Gasteiger partial charge on any atom is -0.315 e.